The Bertz CT molecular complexity index is 850. The third kappa shape index (κ3) is 3.34. The maximum Gasteiger partial charge on any atom is 0.573 e. The summed E-state index contributed by atoms with van der Waals surface area (Å²) in [7, 11) is 0. The lowest BCUT2D eigenvalue weighted by Gasteiger charge is -2.14. The van der Waals surface area contributed by atoms with E-state index in [9.17, 15) is 13.2 Å². The number of guanidine groups is 1. The van der Waals surface area contributed by atoms with Crippen molar-refractivity contribution in [1.82, 2.24) is 0 Å². The Morgan fingerprint density at radius 3 is 2.69 bits per heavy atom. The number of nitrogens with zero attached hydrogens (tertiary/aromatic N) is 1. The zero-order valence-electron chi connectivity index (χ0n) is 13.8. The van der Waals surface area contributed by atoms with Crippen LogP contribution >= 0.6 is 0 Å². The molecular weight excluding hydrogens is 343 g/mol. The van der Waals surface area contributed by atoms with Gasteiger partial charge in [-0.2, -0.15) is 0 Å². The molecule has 0 heterocycles. The molecule has 26 heavy (non-hydrogen) atoms. The molecule has 0 amide bonds. The Balaban J connectivity index is 1.39. The van der Waals surface area contributed by atoms with E-state index >= 15 is 0 Å². The summed E-state index contributed by atoms with van der Waals surface area (Å²) in [6, 6.07) is 14.2. The number of hydrogen-bond acceptors (Lipinski definition) is 2. The monoisotopic (exact) mass is 361 g/mol. The minimum Gasteiger partial charge on any atom is -0.404 e. The van der Waals surface area contributed by atoms with Gasteiger partial charge in [-0.25, -0.2) is 0 Å². The fraction of sp³-hybridized carbons (Fsp3) is 0.316. The van der Waals surface area contributed by atoms with Gasteiger partial charge in [-0.05, 0) is 47.4 Å². The molecule has 136 valence electrons. The fourth-order valence-electron chi connectivity index (χ4n) is 3.90. The largest absolute Gasteiger partial charge is 0.573 e. The predicted molar refractivity (Wildman–Crippen MR) is 93.1 cm³/mol. The Hall–Kier alpha value is -2.70. The quantitative estimate of drug-likeness (QED) is 0.641. The van der Waals surface area contributed by atoms with Crippen molar-refractivity contribution < 1.29 is 17.9 Å². The number of rotatable bonds is 4. The summed E-state index contributed by atoms with van der Waals surface area (Å²) < 4.78 is 41.4. The number of alkyl halides is 3. The number of halogens is 3. The van der Waals surface area contributed by atoms with Crippen LogP contribution in [-0.4, -0.2) is 18.9 Å². The summed E-state index contributed by atoms with van der Waals surface area (Å²) in [6.07, 6.45) is -3.70. The first kappa shape index (κ1) is 16.8. The van der Waals surface area contributed by atoms with Gasteiger partial charge in [-0.3, -0.25) is 4.99 Å². The SMILES string of the molecule is NC(=NCC1C2Cc3ccccc3C12)Nc1ccccc1OC(F)(F)F. The lowest BCUT2D eigenvalue weighted by molar-refractivity contribution is -0.274. The minimum atomic E-state index is -4.76. The molecule has 3 N–H and O–H groups in total. The number of para-hydroxylation sites is 2. The molecule has 0 aromatic heterocycles. The highest BCUT2D eigenvalue weighted by Crippen LogP contribution is 2.61. The molecule has 0 bridgehead atoms. The molecule has 0 radical (unpaired) electrons. The maximum atomic E-state index is 12.5. The van der Waals surface area contributed by atoms with Crippen LogP contribution in [0.25, 0.3) is 0 Å². The molecule has 4 nitrogen and oxygen atoms in total. The molecule has 1 fully saturated rings. The number of fused-ring (bicyclic) bond motifs is 3. The van der Waals surface area contributed by atoms with Crippen LogP contribution in [0.15, 0.2) is 53.5 Å². The molecule has 1 saturated carbocycles. The van der Waals surface area contributed by atoms with Gasteiger partial charge in [-0.15, -0.1) is 13.2 Å². The van der Waals surface area contributed by atoms with Gasteiger partial charge >= 0.3 is 6.36 Å². The van der Waals surface area contributed by atoms with E-state index < -0.39 is 6.36 Å². The van der Waals surface area contributed by atoms with Crippen molar-refractivity contribution in [3.8, 4) is 5.75 Å². The van der Waals surface area contributed by atoms with Crippen molar-refractivity contribution in [1.29, 1.82) is 0 Å². The van der Waals surface area contributed by atoms with Crippen molar-refractivity contribution >= 4 is 11.6 Å². The molecule has 2 aromatic carbocycles. The van der Waals surface area contributed by atoms with E-state index in [1.165, 1.54) is 29.3 Å². The number of hydrogen-bond donors (Lipinski definition) is 2. The topological polar surface area (TPSA) is 59.6 Å². The molecule has 2 aromatic rings. The average molecular weight is 361 g/mol. The summed E-state index contributed by atoms with van der Waals surface area (Å²) in [5, 5.41) is 2.70. The normalized spacial score (nSPS) is 24.0. The number of nitrogens with one attached hydrogen (secondary N) is 1. The zero-order valence-corrected chi connectivity index (χ0v) is 13.8. The Labute approximate surface area is 148 Å². The fourth-order valence-corrected chi connectivity index (χ4v) is 3.90. The van der Waals surface area contributed by atoms with E-state index in [2.05, 4.69) is 33.2 Å². The standard InChI is InChI=1S/C19H18F3N3O/c20-19(21,22)26-16-8-4-3-7-15(16)25-18(23)24-10-14-13-9-11-5-1-2-6-12(11)17(13)14/h1-8,13-14,17H,9-10H2,(H3,23,24,25). The summed E-state index contributed by atoms with van der Waals surface area (Å²) in [5.41, 5.74) is 8.80. The number of nitrogens with two attached hydrogens (primary N) is 1. The number of ether oxygens (including phenoxy) is 1. The molecule has 0 spiro atoms. The summed E-state index contributed by atoms with van der Waals surface area (Å²) in [6.45, 7) is 0.560. The number of benzene rings is 2. The van der Waals surface area contributed by atoms with Gasteiger partial charge in [0.2, 0.25) is 0 Å². The molecule has 7 heteroatoms. The number of anilines is 1. The smallest absolute Gasteiger partial charge is 0.404 e. The molecule has 2 aliphatic carbocycles. The van der Waals surface area contributed by atoms with Crippen molar-refractivity contribution in [2.75, 3.05) is 11.9 Å². The molecule has 3 atom stereocenters. The van der Waals surface area contributed by atoms with Crippen molar-refractivity contribution in [2.45, 2.75) is 18.7 Å². The highest BCUT2D eigenvalue weighted by atomic mass is 19.4. The van der Waals surface area contributed by atoms with Crippen molar-refractivity contribution in [3.63, 3.8) is 0 Å². The highest BCUT2D eigenvalue weighted by molar-refractivity contribution is 5.93. The number of aliphatic imine (C=N–C) groups is 1. The van der Waals surface area contributed by atoms with Crippen LogP contribution in [0.1, 0.15) is 17.0 Å². The van der Waals surface area contributed by atoms with Crippen LogP contribution in [0.3, 0.4) is 0 Å². The Morgan fingerprint density at radius 2 is 1.88 bits per heavy atom. The average Bonchev–Trinajstić information content (AvgIpc) is 3.12. The first-order valence-corrected chi connectivity index (χ1v) is 8.42. The van der Waals surface area contributed by atoms with Crippen molar-refractivity contribution in [3.05, 3.63) is 59.7 Å². The highest BCUT2D eigenvalue weighted by Gasteiger charge is 2.54. The summed E-state index contributed by atoms with van der Waals surface area (Å²) in [4.78, 5) is 4.32. The first-order chi connectivity index (χ1) is 12.4. The second-order valence-corrected chi connectivity index (χ2v) is 6.65. The molecule has 0 saturated heterocycles. The van der Waals surface area contributed by atoms with E-state index in [0.717, 1.165) is 6.42 Å². The molecule has 0 aliphatic heterocycles. The van der Waals surface area contributed by atoms with Crippen LogP contribution in [0.2, 0.25) is 0 Å². The van der Waals surface area contributed by atoms with Gasteiger partial charge < -0.3 is 15.8 Å². The van der Waals surface area contributed by atoms with E-state index in [-0.39, 0.29) is 17.4 Å². The maximum absolute atomic E-state index is 12.5. The van der Waals surface area contributed by atoms with Crippen LogP contribution in [0, 0.1) is 11.8 Å². The zero-order chi connectivity index (χ0) is 18.3. The predicted octanol–water partition coefficient (Wildman–Crippen LogP) is 3.90. The van der Waals surface area contributed by atoms with Crippen molar-refractivity contribution in [2.24, 2.45) is 22.6 Å². The molecule has 4 rings (SSSR count). The lowest BCUT2D eigenvalue weighted by atomic mass is 10.0. The van der Waals surface area contributed by atoms with Gasteiger partial charge in [0.15, 0.2) is 11.7 Å². The van der Waals surface area contributed by atoms with E-state index in [1.807, 2.05) is 6.07 Å². The minimum absolute atomic E-state index is 0.0847. The van der Waals surface area contributed by atoms with Gasteiger partial charge in [0.25, 0.3) is 0 Å². The second-order valence-electron chi connectivity index (χ2n) is 6.65. The molecular formula is C19H18F3N3O. The van der Waals surface area contributed by atoms with Gasteiger partial charge in [0.1, 0.15) is 0 Å². The van der Waals surface area contributed by atoms with Gasteiger partial charge in [0, 0.05) is 6.54 Å². The first-order valence-electron chi connectivity index (χ1n) is 8.42. The third-order valence-corrected chi connectivity index (χ3v) is 5.05. The van der Waals surface area contributed by atoms with Crippen LogP contribution < -0.4 is 15.8 Å². The van der Waals surface area contributed by atoms with Crippen LogP contribution in [-0.2, 0) is 6.42 Å². The van der Waals surface area contributed by atoms with E-state index in [1.54, 1.807) is 6.07 Å². The van der Waals surface area contributed by atoms with Gasteiger partial charge in [-0.1, -0.05) is 36.4 Å². The van der Waals surface area contributed by atoms with E-state index in [0.29, 0.717) is 24.3 Å². The Kier molecular flexibility index (Phi) is 4.01. The third-order valence-electron chi connectivity index (χ3n) is 5.05. The van der Waals surface area contributed by atoms with Crippen LogP contribution in [0.5, 0.6) is 5.75 Å². The molecule has 2 aliphatic rings. The summed E-state index contributed by atoms with van der Waals surface area (Å²) in [5.74, 6) is 1.33. The summed E-state index contributed by atoms with van der Waals surface area (Å²) >= 11 is 0. The molecule has 3 unspecified atom stereocenters. The van der Waals surface area contributed by atoms with Gasteiger partial charge in [0.05, 0.1) is 5.69 Å². The lowest BCUT2D eigenvalue weighted by Crippen LogP contribution is -2.25. The van der Waals surface area contributed by atoms with Crippen LogP contribution in [0.4, 0.5) is 18.9 Å². The van der Waals surface area contributed by atoms with E-state index in [4.69, 9.17) is 5.73 Å². The Morgan fingerprint density at radius 1 is 1.15 bits per heavy atom. The second kappa shape index (κ2) is 6.23.